The van der Waals surface area contributed by atoms with E-state index in [9.17, 15) is 9.59 Å². The lowest BCUT2D eigenvalue weighted by Crippen LogP contribution is -2.28. The maximum absolute atomic E-state index is 13.5. The molecule has 0 radical (unpaired) electrons. The van der Waals surface area contributed by atoms with Gasteiger partial charge in [0.1, 0.15) is 5.92 Å². The van der Waals surface area contributed by atoms with E-state index in [0.29, 0.717) is 17.5 Å². The number of carbonyl (C=O) groups excluding carboxylic acids is 2. The summed E-state index contributed by atoms with van der Waals surface area (Å²) in [6.45, 7) is 11.7. The molecule has 2 aromatic rings. The smallest absolute Gasteiger partial charge is 0.321 e. The van der Waals surface area contributed by atoms with Crippen molar-refractivity contribution >= 4 is 20.9 Å². The van der Waals surface area contributed by atoms with Crippen LogP contribution in [0.3, 0.4) is 0 Å². The van der Waals surface area contributed by atoms with Gasteiger partial charge >= 0.3 is 15.1 Å². The van der Waals surface area contributed by atoms with Gasteiger partial charge < -0.3 is 4.74 Å². The van der Waals surface area contributed by atoms with Crippen LogP contribution < -0.4 is 0 Å². The van der Waals surface area contributed by atoms with Gasteiger partial charge in [-0.3, -0.25) is 9.59 Å². The van der Waals surface area contributed by atoms with Crippen molar-refractivity contribution < 1.29 is 18.9 Å². The zero-order valence-corrected chi connectivity index (χ0v) is 18.7. The van der Waals surface area contributed by atoms with Gasteiger partial charge in [0.25, 0.3) is 0 Å². The van der Waals surface area contributed by atoms with Gasteiger partial charge in [0, 0.05) is 5.56 Å². The summed E-state index contributed by atoms with van der Waals surface area (Å²) in [6, 6.07) is 11.2. The van der Waals surface area contributed by atoms with E-state index in [0.717, 1.165) is 22.3 Å². The number of benzene rings is 2. The fraction of sp³-hybridized carbons (Fsp3) is 0.391. The highest BCUT2D eigenvalue weighted by Gasteiger charge is 2.33. The van der Waals surface area contributed by atoms with Gasteiger partial charge in [0.15, 0.2) is 5.78 Å². The molecule has 0 amide bonds. The number of hydrogen-bond acceptors (Lipinski definition) is 4. The summed E-state index contributed by atoms with van der Waals surface area (Å²) in [5, 5.41) is 0. The predicted molar refractivity (Wildman–Crippen MR) is 115 cm³/mol. The van der Waals surface area contributed by atoms with Gasteiger partial charge in [-0.15, -0.1) is 0 Å². The van der Waals surface area contributed by atoms with Gasteiger partial charge in [0.05, 0.1) is 6.10 Å². The maximum atomic E-state index is 13.5. The molecule has 0 aliphatic heterocycles. The molecule has 2 aromatic carbocycles. The van der Waals surface area contributed by atoms with E-state index < -0.39 is 11.9 Å². The second-order valence-electron chi connectivity index (χ2n) is 7.00. The van der Waals surface area contributed by atoms with Crippen LogP contribution in [0.2, 0.25) is 0 Å². The Morgan fingerprint density at radius 2 is 1.54 bits per heavy atom. The molecule has 150 valence electrons. The number of Topliss-reactive ketones (excluding diaryl/α,β-unsaturated/α-hetero) is 1. The van der Waals surface area contributed by atoms with Crippen LogP contribution in [-0.2, 0) is 14.1 Å². The lowest BCUT2D eigenvalue weighted by molar-refractivity contribution is -0.148. The van der Waals surface area contributed by atoms with E-state index >= 15 is 0 Å². The molecule has 0 spiro atoms. The summed E-state index contributed by atoms with van der Waals surface area (Å²) in [4.78, 5) is 26.3. The molecule has 28 heavy (non-hydrogen) atoms. The quantitative estimate of drug-likeness (QED) is 0.280. The second kappa shape index (κ2) is 10.9. The van der Waals surface area contributed by atoms with Crippen molar-refractivity contribution in [3.05, 3.63) is 69.8 Å². The van der Waals surface area contributed by atoms with E-state index in [1.165, 1.54) is 9.12 Å². The molecule has 0 N–H and O–H groups in total. The van der Waals surface area contributed by atoms with Crippen molar-refractivity contribution in [3.8, 4) is 0 Å². The number of ether oxygens (including phenoxy) is 1. The highest BCUT2D eigenvalue weighted by atomic mass is 31.0. The first-order valence-corrected chi connectivity index (χ1v) is 9.85. The van der Waals surface area contributed by atoms with Crippen molar-refractivity contribution in [2.75, 3.05) is 0 Å². The average Bonchev–Trinajstić information content (AvgIpc) is 2.68. The lowest BCUT2D eigenvalue weighted by atomic mass is 9.84. The summed E-state index contributed by atoms with van der Waals surface area (Å²) < 4.78 is 13.7. The Hall–Kier alpha value is -2.32. The van der Waals surface area contributed by atoms with Crippen LogP contribution in [-0.4, -0.2) is 17.9 Å². The molecule has 3 unspecified atom stereocenters. The lowest BCUT2D eigenvalue weighted by Gasteiger charge is -2.21. The number of rotatable bonds is 6. The summed E-state index contributed by atoms with van der Waals surface area (Å²) in [6.07, 6.45) is 0.492. The van der Waals surface area contributed by atoms with Crippen molar-refractivity contribution in [2.45, 2.75) is 60.0 Å². The summed E-state index contributed by atoms with van der Waals surface area (Å²) in [5.41, 5.74) is 5.36. The second-order valence-corrected chi connectivity index (χ2v) is 7.00. The minimum atomic E-state index is -0.940. The van der Waals surface area contributed by atoms with Crippen LogP contribution in [0.25, 0.3) is 0 Å². The standard InChI is InChI=1S/C23H28O3.H2OP/c1-7-16(4)26-23(25)21(19-11-9-8-10-12-19)22(24)20-15(3)13-14(2)17(5)18(20)6;1-2/h8-13,16,21H,7H2,1-6H3;2H2/q;+1. The topological polar surface area (TPSA) is 60.4 Å². The Balaban J connectivity index is 0.00000190. The fourth-order valence-corrected chi connectivity index (χ4v) is 3.20. The van der Waals surface area contributed by atoms with Crippen LogP contribution >= 0.6 is 9.12 Å². The monoisotopic (exact) mass is 401 g/mol. The van der Waals surface area contributed by atoms with Crippen molar-refractivity contribution in [1.82, 2.24) is 0 Å². The molecule has 2 rings (SSSR count). The first kappa shape index (κ1) is 23.7. The van der Waals surface area contributed by atoms with E-state index in [2.05, 4.69) is 0 Å². The Bertz CT molecular complexity index is 830. The third kappa shape index (κ3) is 5.36. The minimum absolute atomic E-state index is 0.192. The van der Waals surface area contributed by atoms with Crippen LogP contribution in [0, 0.1) is 27.7 Å². The zero-order chi connectivity index (χ0) is 21.4. The SMILES string of the molecule is CCC(C)OC(=O)C(C(=O)c1c(C)cc(C)c(C)c1C)c1ccccc1.O=[PH2+]. The summed E-state index contributed by atoms with van der Waals surface area (Å²) >= 11 is 0. The maximum Gasteiger partial charge on any atom is 0.321 e. The van der Waals surface area contributed by atoms with Crippen LogP contribution in [0.15, 0.2) is 36.4 Å². The molecule has 0 aliphatic carbocycles. The third-order valence-corrected chi connectivity index (χ3v) is 5.13. The zero-order valence-electron chi connectivity index (χ0n) is 17.5. The van der Waals surface area contributed by atoms with Crippen molar-refractivity contribution in [2.24, 2.45) is 0 Å². The van der Waals surface area contributed by atoms with Crippen LogP contribution in [0.5, 0.6) is 0 Å². The first-order valence-electron chi connectivity index (χ1n) is 9.38. The molecule has 0 heterocycles. The van der Waals surface area contributed by atoms with Gasteiger partial charge in [-0.25, -0.2) is 0 Å². The van der Waals surface area contributed by atoms with Gasteiger partial charge in [0.2, 0.25) is 0 Å². The van der Waals surface area contributed by atoms with E-state index in [1.54, 1.807) is 0 Å². The Kier molecular flexibility index (Phi) is 9.21. The number of carbonyl (C=O) groups is 2. The van der Waals surface area contributed by atoms with Crippen molar-refractivity contribution in [1.29, 1.82) is 0 Å². The normalized spacial score (nSPS) is 12.4. The minimum Gasteiger partial charge on any atom is -0.462 e. The molecular weight excluding hydrogens is 371 g/mol. The average molecular weight is 401 g/mol. The number of ketones is 1. The molecule has 3 atom stereocenters. The summed E-state index contributed by atoms with van der Waals surface area (Å²) in [7, 11) is 1.17. The van der Waals surface area contributed by atoms with E-state index in [1.807, 2.05) is 77.9 Å². The Morgan fingerprint density at radius 1 is 0.964 bits per heavy atom. The van der Waals surface area contributed by atoms with E-state index in [4.69, 9.17) is 9.30 Å². The molecule has 0 saturated heterocycles. The van der Waals surface area contributed by atoms with Gasteiger partial charge in [-0.1, -0.05) is 47.9 Å². The molecule has 4 nitrogen and oxygen atoms in total. The fourth-order valence-electron chi connectivity index (χ4n) is 3.20. The molecular formula is C23H30O4P+. The molecule has 0 saturated carbocycles. The Labute approximate surface area is 169 Å². The molecule has 5 heteroatoms. The Morgan fingerprint density at radius 3 is 2.07 bits per heavy atom. The first-order chi connectivity index (χ1) is 13.3. The van der Waals surface area contributed by atoms with Crippen LogP contribution in [0.4, 0.5) is 0 Å². The van der Waals surface area contributed by atoms with Gasteiger partial charge in [-0.2, -0.15) is 0 Å². The van der Waals surface area contributed by atoms with Crippen LogP contribution in [0.1, 0.15) is 64.4 Å². The van der Waals surface area contributed by atoms with E-state index in [-0.39, 0.29) is 11.9 Å². The predicted octanol–water partition coefficient (Wildman–Crippen LogP) is 5.44. The molecule has 0 bridgehead atoms. The van der Waals surface area contributed by atoms with Crippen molar-refractivity contribution in [3.63, 3.8) is 0 Å². The summed E-state index contributed by atoms with van der Waals surface area (Å²) in [5.74, 6) is -1.61. The number of hydrogen-bond donors (Lipinski definition) is 0. The molecule has 0 fully saturated rings. The largest absolute Gasteiger partial charge is 0.462 e. The number of esters is 1. The third-order valence-electron chi connectivity index (χ3n) is 5.13. The molecule has 0 aliphatic rings. The highest BCUT2D eigenvalue weighted by Crippen LogP contribution is 2.29. The van der Waals surface area contributed by atoms with Gasteiger partial charge in [-0.05, 0) is 68.9 Å². The highest BCUT2D eigenvalue weighted by molar-refractivity contribution is 7.00. The number of aryl methyl sites for hydroxylation is 2. The molecule has 0 aromatic heterocycles.